The fraction of sp³-hybridized carbons (Fsp3) is 0.667. The number of esters is 1. The van der Waals surface area contributed by atoms with Crippen molar-refractivity contribution in [2.75, 3.05) is 7.11 Å². The number of methoxy groups -OCH3 is 1. The summed E-state index contributed by atoms with van der Waals surface area (Å²) in [7, 11) is 1.39. The lowest BCUT2D eigenvalue weighted by Crippen LogP contribution is -2.13. The minimum absolute atomic E-state index is 0.228. The molecule has 2 heteroatoms. The van der Waals surface area contributed by atoms with Crippen molar-refractivity contribution >= 4 is 5.97 Å². The van der Waals surface area contributed by atoms with Crippen molar-refractivity contribution < 1.29 is 9.53 Å². The van der Waals surface area contributed by atoms with Gasteiger partial charge < -0.3 is 4.74 Å². The van der Waals surface area contributed by atoms with Crippen LogP contribution < -0.4 is 0 Å². The third kappa shape index (κ3) is 3.67. The molecule has 0 amide bonds. The summed E-state index contributed by atoms with van der Waals surface area (Å²) in [6.45, 7) is 3.88. The SMILES string of the molecule is CCC#CC(CC)C(=O)OC. The Hall–Kier alpha value is -0.970. The van der Waals surface area contributed by atoms with E-state index in [1.165, 1.54) is 7.11 Å². The molecule has 62 valence electrons. The summed E-state index contributed by atoms with van der Waals surface area (Å²) in [5.74, 6) is 5.24. The monoisotopic (exact) mass is 154 g/mol. The minimum Gasteiger partial charge on any atom is -0.468 e. The second-order valence-electron chi connectivity index (χ2n) is 2.16. The Labute approximate surface area is 67.9 Å². The van der Waals surface area contributed by atoms with Crippen molar-refractivity contribution in [3.63, 3.8) is 0 Å². The van der Waals surface area contributed by atoms with Gasteiger partial charge >= 0.3 is 5.97 Å². The smallest absolute Gasteiger partial charge is 0.320 e. The number of carbonyl (C=O) groups excluding carboxylic acids is 1. The van der Waals surface area contributed by atoms with E-state index in [0.29, 0.717) is 0 Å². The summed E-state index contributed by atoms with van der Waals surface area (Å²) in [5, 5.41) is 0. The van der Waals surface area contributed by atoms with Gasteiger partial charge in [-0.1, -0.05) is 19.8 Å². The van der Waals surface area contributed by atoms with Crippen LogP contribution in [0.15, 0.2) is 0 Å². The van der Waals surface area contributed by atoms with E-state index in [1.807, 2.05) is 13.8 Å². The number of carbonyl (C=O) groups is 1. The van der Waals surface area contributed by atoms with Crippen molar-refractivity contribution in [1.82, 2.24) is 0 Å². The molecule has 0 aromatic rings. The van der Waals surface area contributed by atoms with Gasteiger partial charge in [0.25, 0.3) is 0 Å². The molecule has 2 nitrogen and oxygen atoms in total. The Morgan fingerprint density at radius 3 is 2.55 bits per heavy atom. The van der Waals surface area contributed by atoms with Gasteiger partial charge in [-0.25, -0.2) is 0 Å². The molecule has 0 radical (unpaired) electrons. The maximum Gasteiger partial charge on any atom is 0.320 e. The van der Waals surface area contributed by atoms with Crippen LogP contribution in [-0.4, -0.2) is 13.1 Å². The third-order valence-electron chi connectivity index (χ3n) is 1.35. The molecule has 0 aliphatic carbocycles. The maximum atomic E-state index is 10.9. The molecule has 0 aromatic heterocycles. The number of ether oxygens (including phenoxy) is 1. The van der Waals surface area contributed by atoms with Gasteiger partial charge in [-0.15, -0.1) is 5.92 Å². The first-order valence-electron chi connectivity index (χ1n) is 3.82. The Morgan fingerprint density at radius 2 is 2.18 bits per heavy atom. The van der Waals surface area contributed by atoms with Gasteiger partial charge in [0.05, 0.1) is 7.11 Å². The van der Waals surface area contributed by atoms with Crippen molar-refractivity contribution in [2.45, 2.75) is 26.7 Å². The standard InChI is InChI=1S/C9H14O2/c1-4-6-7-8(5-2)9(10)11-3/h8H,4-5H2,1-3H3. The highest BCUT2D eigenvalue weighted by Crippen LogP contribution is 2.02. The molecule has 0 aliphatic heterocycles. The van der Waals surface area contributed by atoms with Crippen molar-refractivity contribution in [3.05, 3.63) is 0 Å². The Bertz CT molecular complexity index is 174. The molecule has 0 saturated heterocycles. The van der Waals surface area contributed by atoms with Crippen LogP contribution in [0.4, 0.5) is 0 Å². The summed E-state index contributed by atoms with van der Waals surface area (Å²) in [5.41, 5.74) is 0. The van der Waals surface area contributed by atoms with E-state index < -0.39 is 0 Å². The van der Waals surface area contributed by atoms with E-state index in [0.717, 1.165) is 12.8 Å². The number of hydrogen-bond donors (Lipinski definition) is 0. The molecule has 1 unspecified atom stereocenters. The number of rotatable bonds is 2. The van der Waals surface area contributed by atoms with Gasteiger partial charge in [0.15, 0.2) is 0 Å². The summed E-state index contributed by atoms with van der Waals surface area (Å²) >= 11 is 0. The first-order chi connectivity index (χ1) is 5.26. The molecule has 0 aromatic carbocycles. The predicted molar refractivity (Wildman–Crippen MR) is 43.9 cm³/mol. The fourth-order valence-electron chi connectivity index (χ4n) is 0.695. The first kappa shape index (κ1) is 10.0. The van der Waals surface area contributed by atoms with E-state index in [9.17, 15) is 4.79 Å². The Morgan fingerprint density at radius 1 is 1.55 bits per heavy atom. The topological polar surface area (TPSA) is 26.3 Å². The molecular weight excluding hydrogens is 140 g/mol. The summed E-state index contributed by atoms with van der Waals surface area (Å²) in [4.78, 5) is 10.9. The van der Waals surface area contributed by atoms with Gasteiger partial charge in [0.1, 0.15) is 5.92 Å². The molecule has 0 N–H and O–H groups in total. The normalized spacial score (nSPS) is 11.2. The lowest BCUT2D eigenvalue weighted by atomic mass is 10.1. The molecule has 0 heterocycles. The molecular formula is C9H14O2. The average Bonchev–Trinajstić information content (AvgIpc) is 2.05. The molecule has 0 rings (SSSR count). The van der Waals surface area contributed by atoms with Crippen LogP contribution in [0.5, 0.6) is 0 Å². The van der Waals surface area contributed by atoms with Crippen LogP contribution >= 0.6 is 0 Å². The minimum atomic E-state index is -0.236. The van der Waals surface area contributed by atoms with Gasteiger partial charge in [-0.3, -0.25) is 4.79 Å². The Balaban J connectivity index is 4.05. The van der Waals surface area contributed by atoms with Gasteiger partial charge in [0.2, 0.25) is 0 Å². The van der Waals surface area contributed by atoms with Crippen LogP contribution in [0, 0.1) is 17.8 Å². The highest BCUT2D eigenvalue weighted by molar-refractivity contribution is 5.75. The number of hydrogen-bond acceptors (Lipinski definition) is 2. The van der Waals surface area contributed by atoms with Crippen LogP contribution in [-0.2, 0) is 9.53 Å². The van der Waals surface area contributed by atoms with Crippen LogP contribution in [0.2, 0.25) is 0 Å². The second kappa shape index (κ2) is 5.79. The molecule has 0 saturated carbocycles. The zero-order valence-electron chi connectivity index (χ0n) is 7.31. The molecule has 0 spiro atoms. The average molecular weight is 154 g/mol. The predicted octanol–water partition coefficient (Wildman–Crippen LogP) is 1.60. The zero-order chi connectivity index (χ0) is 8.69. The first-order valence-corrected chi connectivity index (χ1v) is 3.82. The molecule has 0 bridgehead atoms. The summed E-state index contributed by atoms with van der Waals surface area (Å²) in [6.07, 6.45) is 1.51. The third-order valence-corrected chi connectivity index (χ3v) is 1.35. The fourth-order valence-corrected chi connectivity index (χ4v) is 0.695. The largest absolute Gasteiger partial charge is 0.468 e. The van der Waals surface area contributed by atoms with Crippen LogP contribution in [0.25, 0.3) is 0 Å². The van der Waals surface area contributed by atoms with E-state index in [-0.39, 0.29) is 11.9 Å². The Kier molecular flexibility index (Phi) is 5.28. The maximum absolute atomic E-state index is 10.9. The van der Waals surface area contributed by atoms with E-state index in [1.54, 1.807) is 0 Å². The second-order valence-corrected chi connectivity index (χ2v) is 2.16. The van der Waals surface area contributed by atoms with Crippen molar-refractivity contribution in [2.24, 2.45) is 5.92 Å². The van der Waals surface area contributed by atoms with Gasteiger partial charge in [0, 0.05) is 6.42 Å². The van der Waals surface area contributed by atoms with E-state index >= 15 is 0 Å². The van der Waals surface area contributed by atoms with E-state index in [2.05, 4.69) is 16.6 Å². The summed E-state index contributed by atoms with van der Waals surface area (Å²) < 4.78 is 4.56. The van der Waals surface area contributed by atoms with Crippen LogP contribution in [0.1, 0.15) is 26.7 Å². The molecule has 0 aliphatic rings. The molecule has 1 atom stereocenters. The van der Waals surface area contributed by atoms with E-state index in [4.69, 9.17) is 0 Å². The highest BCUT2D eigenvalue weighted by atomic mass is 16.5. The van der Waals surface area contributed by atoms with Gasteiger partial charge in [-0.2, -0.15) is 0 Å². The lowest BCUT2D eigenvalue weighted by Gasteiger charge is -2.03. The van der Waals surface area contributed by atoms with Crippen LogP contribution in [0.3, 0.4) is 0 Å². The molecule has 0 fully saturated rings. The molecule has 11 heavy (non-hydrogen) atoms. The van der Waals surface area contributed by atoms with Crippen molar-refractivity contribution in [3.8, 4) is 11.8 Å². The van der Waals surface area contributed by atoms with Crippen molar-refractivity contribution in [1.29, 1.82) is 0 Å². The quantitative estimate of drug-likeness (QED) is 0.446. The summed E-state index contributed by atoms with van der Waals surface area (Å²) in [6, 6.07) is 0. The highest BCUT2D eigenvalue weighted by Gasteiger charge is 2.12. The van der Waals surface area contributed by atoms with Gasteiger partial charge in [-0.05, 0) is 6.42 Å². The zero-order valence-corrected chi connectivity index (χ0v) is 7.31. The lowest BCUT2D eigenvalue weighted by molar-refractivity contribution is -0.143.